The summed E-state index contributed by atoms with van der Waals surface area (Å²) < 4.78 is 15.4. The molecule has 0 saturated heterocycles. The topological polar surface area (TPSA) is 55.6 Å². The average Bonchev–Trinajstić information content (AvgIpc) is 3.11. The molecule has 1 aliphatic rings. The van der Waals surface area contributed by atoms with Gasteiger partial charge in [0.05, 0.1) is 17.1 Å². The van der Waals surface area contributed by atoms with Crippen LogP contribution in [0.3, 0.4) is 0 Å². The Balaban J connectivity index is 1.90. The minimum atomic E-state index is -0.249. The predicted molar refractivity (Wildman–Crippen MR) is 84.6 cm³/mol. The molecule has 116 valence electrons. The maximum atomic E-state index is 13.6. The van der Waals surface area contributed by atoms with Crippen molar-refractivity contribution in [3.05, 3.63) is 59.1 Å². The molecule has 3 heterocycles. The summed E-state index contributed by atoms with van der Waals surface area (Å²) >= 11 is 0. The van der Waals surface area contributed by atoms with Gasteiger partial charge in [-0.15, -0.1) is 0 Å². The molecule has 0 saturated carbocycles. The lowest BCUT2D eigenvalue weighted by molar-refractivity contribution is 0.628. The zero-order valence-electron chi connectivity index (χ0n) is 13.0. The largest absolute Gasteiger partial charge is 0.307 e. The molecule has 0 amide bonds. The molecule has 2 aromatic heterocycles. The summed E-state index contributed by atoms with van der Waals surface area (Å²) in [5.74, 6) is 0.546. The van der Waals surface area contributed by atoms with Crippen LogP contribution in [0.5, 0.6) is 0 Å². The van der Waals surface area contributed by atoms with Crippen LogP contribution in [0.1, 0.15) is 22.6 Å². The highest BCUT2D eigenvalue weighted by Crippen LogP contribution is 2.30. The van der Waals surface area contributed by atoms with Crippen molar-refractivity contribution in [2.24, 2.45) is 0 Å². The maximum Gasteiger partial charge on any atom is 0.161 e. The molecule has 3 aromatic rings. The summed E-state index contributed by atoms with van der Waals surface area (Å²) in [4.78, 5) is 8.73. The molecule has 1 N–H and O–H groups in total. The molecular formula is C17H16FN5. The van der Waals surface area contributed by atoms with E-state index in [2.05, 4.69) is 20.4 Å². The number of nitrogens with one attached hydrogen (secondary N) is 1. The van der Waals surface area contributed by atoms with Crippen LogP contribution in [-0.2, 0) is 13.1 Å². The molecule has 0 atom stereocenters. The summed E-state index contributed by atoms with van der Waals surface area (Å²) in [6.07, 6.45) is 1.57. The number of benzene rings is 1. The molecule has 0 fully saturated rings. The number of fused-ring (bicyclic) bond motifs is 1. The van der Waals surface area contributed by atoms with E-state index in [9.17, 15) is 4.39 Å². The van der Waals surface area contributed by atoms with E-state index < -0.39 is 0 Å². The van der Waals surface area contributed by atoms with Gasteiger partial charge in [-0.2, -0.15) is 5.10 Å². The van der Waals surface area contributed by atoms with E-state index in [0.29, 0.717) is 0 Å². The molecular weight excluding hydrogens is 293 g/mol. The highest BCUT2D eigenvalue weighted by atomic mass is 19.1. The van der Waals surface area contributed by atoms with E-state index in [-0.39, 0.29) is 5.82 Å². The molecule has 4 rings (SSSR count). The number of hydrogen-bond donors (Lipinski definition) is 1. The van der Waals surface area contributed by atoms with Crippen molar-refractivity contribution in [3.8, 4) is 16.9 Å². The van der Waals surface area contributed by atoms with Gasteiger partial charge in [-0.1, -0.05) is 12.1 Å². The average molecular weight is 309 g/mol. The zero-order chi connectivity index (χ0) is 16.0. The smallest absolute Gasteiger partial charge is 0.161 e. The molecule has 0 spiro atoms. The second kappa shape index (κ2) is 5.24. The summed E-state index contributed by atoms with van der Waals surface area (Å²) in [6, 6.07) is 6.60. The van der Waals surface area contributed by atoms with Crippen molar-refractivity contribution in [2.45, 2.75) is 26.9 Å². The molecule has 0 radical (unpaired) electrons. The lowest BCUT2D eigenvalue weighted by atomic mass is 10.0. The third kappa shape index (κ3) is 2.22. The van der Waals surface area contributed by atoms with Gasteiger partial charge in [-0.3, -0.25) is 0 Å². The van der Waals surface area contributed by atoms with Crippen molar-refractivity contribution in [2.75, 3.05) is 0 Å². The normalized spacial score (nSPS) is 13.3. The number of aromatic nitrogens is 4. The summed E-state index contributed by atoms with van der Waals surface area (Å²) in [5, 5.41) is 7.92. The third-order valence-electron chi connectivity index (χ3n) is 4.21. The van der Waals surface area contributed by atoms with Crippen LogP contribution in [0, 0.1) is 19.7 Å². The number of hydrogen-bond acceptors (Lipinski definition) is 4. The second-order valence-electron chi connectivity index (χ2n) is 5.69. The Morgan fingerprint density at radius 2 is 2.04 bits per heavy atom. The van der Waals surface area contributed by atoms with Crippen LogP contribution in [0.4, 0.5) is 4.39 Å². The van der Waals surface area contributed by atoms with Crippen LogP contribution in [-0.4, -0.2) is 19.7 Å². The quantitative estimate of drug-likeness (QED) is 0.791. The molecule has 0 unspecified atom stereocenters. The Morgan fingerprint density at radius 1 is 1.17 bits per heavy atom. The van der Waals surface area contributed by atoms with Gasteiger partial charge in [0, 0.05) is 24.2 Å². The van der Waals surface area contributed by atoms with Gasteiger partial charge in [0.15, 0.2) is 5.82 Å². The first-order valence-corrected chi connectivity index (χ1v) is 7.51. The van der Waals surface area contributed by atoms with Gasteiger partial charge in [0.25, 0.3) is 0 Å². The predicted octanol–water partition coefficient (Wildman–Crippen LogP) is 2.69. The molecule has 5 nitrogen and oxygen atoms in total. The van der Waals surface area contributed by atoms with Crippen molar-refractivity contribution >= 4 is 0 Å². The van der Waals surface area contributed by atoms with Gasteiger partial charge in [-0.25, -0.2) is 19.0 Å². The van der Waals surface area contributed by atoms with E-state index in [1.165, 1.54) is 12.1 Å². The first-order valence-electron chi connectivity index (χ1n) is 7.51. The fraction of sp³-hybridized carbons (Fsp3) is 0.235. The number of halogens is 1. The van der Waals surface area contributed by atoms with Crippen molar-refractivity contribution < 1.29 is 4.39 Å². The monoisotopic (exact) mass is 309 g/mol. The first-order chi connectivity index (χ1) is 11.1. The fourth-order valence-corrected chi connectivity index (χ4v) is 3.17. The SMILES string of the molecule is Cc1nn(-c2ncnc3c2CNC3)c(C)c1-c1cccc(F)c1. The molecule has 0 aliphatic carbocycles. The standard InChI is InChI=1S/C17H16FN5/c1-10-16(12-4-3-5-13(18)6-12)11(2)23(22-10)17-14-7-19-8-15(14)20-9-21-17/h3-6,9,19H,7-8H2,1-2H3. The van der Waals surface area contributed by atoms with Gasteiger partial charge in [0.1, 0.15) is 12.1 Å². The van der Waals surface area contributed by atoms with Crippen LogP contribution in [0.15, 0.2) is 30.6 Å². The Kier molecular flexibility index (Phi) is 3.20. The summed E-state index contributed by atoms with van der Waals surface area (Å²) in [7, 11) is 0. The van der Waals surface area contributed by atoms with Crippen LogP contribution >= 0.6 is 0 Å². The first kappa shape index (κ1) is 14.0. The van der Waals surface area contributed by atoms with E-state index >= 15 is 0 Å². The van der Waals surface area contributed by atoms with Crippen LogP contribution in [0.25, 0.3) is 16.9 Å². The van der Waals surface area contributed by atoms with Gasteiger partial charge < -0.3 is 5.32 Å². The third-order valence-corrected chi connectivity index (χ3v) is 4.21. The van der Waals surface area contributed by atoms with Crippen molar-refractivity contribution in [3.63, 3.8) is 0 Å². The number of nitrogens with zero attached hydrogens (tertiary/aromatic N) is 4. The minimum absolute atomic E-state index is 0.249. The Bertz CT molecular complexity index is 900. The maximum absolute atomic E-state index is 13.6. The fourth-order valence-electron chi connectivity index (χ4n) is 3.17. The molecule has 0 bridgehead atoms. The number of rotatable bonds is 2. The summed E-state index contributed by atoms with van der Waals surface area (Å²) in [6.45, 7) is 5.40. The van der Waals surface area contributed by atoms with E-state index in [0.717, 1.165) is 52.7 Å². The molecule has 23 heavy (non-hydrogen) atoms. The van der Waals surface area contributed by atoms with E-state index in [1.807, 2.05) is 24.6 Å². The number of aryl methyl sites for hydroxylation is 1. The van der Waals surface area contributed by atoms with Gasteiger partial charge in [0.2, 0.25) is 0 Å². The Hall–Kier alpha value is -2.60. The second-order valence-corrected chi connectivity index (χ2v) is 5.69. The Labute approximate surface area is 133 Å². The van der Waals surface area contributed by atoms with Gasteiger partial charge >= 0.3 is 0 Å². The summed E-state index contributed by atoms with van der Waals surface area (Å²) in [5.41, 5.74) is 5.66. The molecule has 1 aromatic carbocycles. The molecule has 1 aliphatic heterocycles. The highest BCUT2D eigenvalue weighted by molar-refractivity contribution is 5.69. The lowest BCUT2D eigenvalue weighted by Gasteiger charge is -2.08. The van der Waals surface area contributed by atoms with Crippen molar-refractivity contribution in [1.82, 2.24) is 25.1 Å². The zero-order valence-corrected chi connectivity index (χ0v) is 13.0. The van der Waals surface area contributed by atoms with Crippen LogP contribution in [0.2, 0.25) is 0 Å². The highest BCUT2D eigenvalue weighted by Gasteiger charge is 2.22. The minimum Gasteiger partial charge on any atom is -0.307 e. The van der Waals surface area contributed by atoms with Crippen LogP contribution < -0.4 is 5.32 Å². The molecule has 6 heteroatoms. The van der Waals surface area contributed by atoms with Gasteiger partial charge in [-0.05, 0) is 31.5 Å². The lowest BCUT2D eigenvalue weighted by Crippen LogP contribution is -2.08. The Morgan fingerprint density at radius 3 is 2.87 bits per heavy atom. The van der Waals surface area contributed by atoms with Crippen molar-refractivity contribution in [1.29, 1.82) is 0 Å². The van der Waals surface area contributed by atoms with E-state index in [4.69, 9.17) is 0 Å². The van der Waals surface area contributed by atoms with E-state index in [1.54, 1.807) is 12.4 Å².